The van der Waals surface area contributed by atoms with Gasteiger partial charge in [-0.05, 0) is 18.6 Å². The van der Waals surface area contributed by atoms with E-state index in [1.807, 2.05) is 12.1 Å². The fourth-order valence-corrected chi connectivity index (χ4v) is 1.91. The summed E-state index contributed by atoms with van der Waals surface area (Å²) in [6, 6.07) is 10.9. The minimum Gasteiger partial charge on any atom is -0.325 e. The predicted octanol–water partition coefficient (Wildman–Crippen LogP) is 2.05. The zero-order valence-electron chi connectivity index (χ0n) is 11.3. The van der Waals surface area contributed by atoms with Crippen LogP contribution in [0.5, 0.6) is 0 Å². The van der Waals surface area contributed by atoms with Gasteiger partial charge in [0.1, 0.15) is 12.1 Å². The summed E-state index contributed by atoms with van der Waals surface area (Å²) in [5.41, 5.74) is 0.956. The van der Waals surface area contributed by atoms with Crippen LogP contribution in [0, 0.1) is 22.7 Å². The Morgan fingerprint density at radius 2 is 2.10 bits per heavy atom. The number of nitrogens with zero attached hydrogens (tertiary/aromatic N) is 4. The van der Waals surface area contributed by atoms with E-state index in [9.17, 15) is 4.79 Å². The van der Waals surface area contributed by atoms with Gasteiger partial charge in [-0.3, -0.25) is 4.79 Å². The lowest BCUT2D eigenvalue weighted by atomic mass is 10.2. The Labute approximate surface area is 122 Å². The zero-order valence-corrected chi connectivity index (χ0v) is 11.3. The summed E-state index contributed by atoms with van der Waals surface area (Å²) < 4.78 is 1.70. The molecule has 0 radical (unpaired) electrons. The molecule has 0 unspecified atom stereocenters. The third kappa shape index (κ3) is 3.68. The van der Waals surface area contributed by atoms with Gasteiger partial charge in [0.2, 0.25) is 11.7 Å². The van der Waals surface area contributed by atoms with Crippen LogP contribution in [0.15, 0.2) is 36.7 Å². The van der Waals surface area contributed by atoms with Crippen molar-refractivity contribution in [1.82, 2.24) is 9.55 Å². The maximum absolute atomic E-state index is 11.9. The summed E-state index contributed by atoms with van der Waals surface area (Å²) in [7, 11) is 0. The molecule has 2 rings (SSSR count). The molecule has 2 aromatic rings. The number of aromatic nitrogens is 2. The van der Waals surface area contributed by atoms with Crippen LogP contribution < -0.4 is 5.32 Å². The van der Waals surface area contributed by atoms with Crippen LogP contribution in [0.4, 0.5) is 5.69 Å². The van der Waals surface area contributed by atoms with Gasteiger partial charge in [-0.25, -0.2) is 4.98 Å². The van der Waals surface area contributed by atoms with E-state index in [1.165, 1.54) is 0 Å². The second-order valence-electron chi connectivity index (χ2n) is 4.37. The molecule has 6 nitrogen and oxygen atoms in total. The van der Waals surface area contributed by atoms with Crippen molar-refractivity contribution < 1.29 is 4.79 Å². The maximum Gasteiger partial charge on any atom is 0.224 e. The highest BCUT2D eigenvalue weighted by molar-refractivity contribution is 5.92. The lowest BCUT2D eigenvalue weighted by Crippen LogP contribution is -2.13. The molecule has 1 amide bonds. The Bertz CT molecular complexity index is 720. The summed E-state index contributed by atoms with van der Waals surface area (Å²) in [6.07, 6.45) is 4.16. The van der Waals surface area contributed by atoms with E-state index in [-0.39, 0.29) is 5.91 Å². The third-order valence-electron chi connectivity index (χ3n) is 2.94. The van der Waals surface area contributed by atoms with E-state index in [2.05, 4.69) is 10.3 Å². The second kappa shape index (κ2) is 6.88. The molecule has 0 aliphatic rings. The topological polar surface area (TPSA) is 94.5 Å². The van der Waals surface area contributed by atoms with Crippen LogP contribution in [-0.4, -0.2) is 15.5 Å². The van der Waals surface area contributed by atoms with Crippen LogP contribution in [-0.2, 0) is 11.3 Å². The summed E-state index contributed by atoms with van der Waals surface area (Å²) in [5, 5.41) is 20.5. The highest BCUT2D eigenvalue weighted by Gasteiger charge is 2.07. The number of carbonyl (C=O) groups is 1. The van der Waals surface area contributed by atoms with Crippen molar-refractivity contribution in [2.45, 2.75) is 19.4 Å². The van der Waals surface area contributed by atoms with Gasteiger partial charge in [0.15, 0.2) is 0 Å². The first-order chi connectivity index (χ1) is 10.2. The fourth-order valence-electron chi connectivity index (χ4n) is 1.91. The van der Waals surface area contributed by atoms with Gasteiger partial charge in [0, 0.05) is 25.4 Å². The van der Waals surface area contributed by atoms with Crippen molar-refractivity contribution in [3.8, 4) is 12.1 Å². The number of nitriles is 2. The molecule has 0 bridgehead atoms. The fraction of sp³-hybridized carbons (Fsp3) is 0.200. The highest BCUT2D eigenvalue weighted by atomic mass is 16.1. The number of nitrogens with one attached hydrogen (secondary N) is 1. The molecule has 1 aromatic heterocycles. The molecule has 0 saturated heterocycles. The normalized spacial score (nSPS) is 9.62. The van der Waals surface area contributed by atoms with Crippen LogP contribution >= 0.6 is 0 Å². The number of hydrogen-bond donors (Lipinski definition) is 1. The Morgan fingerprint density at radius 1 is 1.29 bits per heavy atom. The molecule has 0 aliphatic heterocycles. The zero-order chi connectivity index (χ0) is 15.1. The summed E-state index contributed by atoms with van der Waals surface area (Å²) in [4.78, 5) is 15.7. The van der Waals surface area contributed by atoms with Crippen LogP contribution in [0.25, 0.3) is 0 Å². The van der Waals surface area contributed by atoms with Gasteiger partial charge in [-0.1, -0.05) is 12.1 Å². The Balaban J connectivity index is 1.86. The van der Waals surface area contributed by atoms with E-state index in [4.69, 9.17) is 10.5 Å². The van der Waals surface area contributed by atoms with Crippen molar-refractivity contribution in [3.05, 3.63) is 48.0 Å². The molecule has 0 spiro atoms. The number of imidazole rings is 1. The largest absolute Gasteiger partial charge is 0.325 e. The smallest absolute Gasteiger partial charge is 0.224 e. The SMILES string of the molecule is N#Cc1ccccc1NC(=O)CCCn1ccnc1C#N. The second-order valence-corrected chi connectivity index (χ2v) is 4.37. The predicted molar refractivity (Wildman–Crippen MR) is 76.0 cm³/mol. The number of aryl methyl sites for hydroxylation is 1. The molecular formula is C15H13N5O. The van der Waals surface area contributed by atoms with E-state index in [1.54, 1.807) is 41.2 Å². The Morgan fingerprint density at radius 3 is 2.86 bits per heavy atom. The molecule has 0 atom stereocenters. The van der Waals surface area contributed by atoms with Crippen LogP contribution in [0.2, 0.25) is 0 Å². The molecule has 1 aromatic carbocycles. The summed E-state index contributed by atoms with van der Waals surface area (Å²) in [5.74, 6) is 0.182. The van der Waals surface area contributed by atoms with Gasteiger partial charge >= 0.3 is 0 Å². The van der Waals surface area contributed by atoms with E-state index in [0.717, 1.165) is 0 Å². The quantitative estimate of drug-likeness (QED) is 0.906. The number of carbonyl (C=O) groups excluding carboxylic acids is 1. The standard InChI is InChI=1S/C15H13N5O/c16-10-12-4-1-2-5-13(12)19-15(21)6-3-8-20-9-7-18-14(20)11-17/h1-2,4-5,7,9H,3,6,8H2,(H,19,21). The summed E-state index contributed by atoms with van der Waals surface area (Å²) in [6.45, 7) is 0.552. The monoisotopic (exact) mass is 279 g/mol. The van der Waals surface area contributed by atoms with E-state index >= 15 is 0 Å². The molecule has 1 N–H and O–H groups in total. The van der Waals surface area contributed by atoms with E-state index in [0.29, 0.717) is 36.5 Å². The average Bonchev–Trinajstić information content (AvgIpc) is 2.95. The van der Waals surface area contributed by atoms with Crippen molar-refractivity contribution >= 4 is 11.6 Å². The maximum atomic E-state index is 11.9. The van der Waals surface area contributed by atoms with Crippen LogP contribution in [0.1, 0.15) is 24.2 Å². The highest BCUT2D eigenvalue weighted by Crippen LogP contribution is 2.14. The molecule has 1 heterocycles. The van der Waals surface area contributed by atoms with Gasteiger partial charge in [-0.15, -0.1) is 0 Å². The lowest BCUT2D eigenvalue weighted by molar-refractivity contribution is -0.116. The van der Waals surface area contributed by atoms with Gasteiger partial charge in [-0.2, -0.15) is 10.5 Å². The minimum atomic E-state index is -0.156. The molecule has 0 saturated carbocycles. The number of rotatable bonds is 5. The first-order valence-electron chi connectivity index (χ1n) is 6.45. The molecule has 6 heteroatoms. The van der Waals surface area contributed by atoms with Gasteiger partial charge < -0.3 is 9.88 Å². The van der Waals surface area contributed by atoms with Crippen molar-refractivity contribution in [1.29, 1.82) is 10.5 Å². The Hall–Kier alpha value is -3.12. The van der Waals surface area contributed by atoms with Crippen molar-refractivity contribution in [2.24, 2.45) is 0 Å². The number of anilines is 1. The third-order valence-corrected chi connectivity index (χ3v) is 2.94. The van der Waals surface area contributed by atoms with E-state index < -0.39 is 0 Å². The molecule has 104 valence electrons. The van der Waals surface area contributed by atoms with Gasteiger partial charge in [0.25, 0.3) is 0 Å². The Kier molecular flexibility index (Phi) is 4.68. The number of para-hydroxylation sites is 1. The molecule has 0 aliphatic carbocycles. The first kappa shape index (κ1) is 14.3. The van der Waals surface area contributed by atoms with Crippen molar-refractivity contribution in [2.75, 3.05) is 5.32 Å². The summed E-state index contributed by atoms with van der Waals surface area (Å²) >= 11 is 0. The average molecular weight is 279 g/mol. The van der Waals surface area contributed by atoms with Gasteiger partial charge in [0.05, 0.1) is 11.3 Å². The van der Waals surface area contributed by atoms with Crippen molar-refractivity contribution in [3.63, 3.8) is 0 Å². The minimum absolute atomic E-state index is 0.156. The molecule has 21 heavy (non-hydrogen) atoms. The lowest BCUT2D eigenvalue weighted by Gasteiger charge is -2.07. The first-order valence-corrected chi connectivity index (χ1v) is 6.45. The van der Waals surface area contributed by atoms with Crippen LogP contribution in [0.3, 0.4) is 0 Å². The number of benzene rings is 1. The number of hydrogen-bond acceptors (Lipinski definition) is 4. The number of amides is 1. The molecular weight excluding hydrogens is 266 g/mol. The molecule has 0 fully saturated rings.